The van der Waals surface area contributed by atoms with Crippen LogP contribution in [0.2, 0.25) is 0 Å². The van der Waals surface area contributed by atoms with Crippen molar-refractivity contribution >= 4 is 26.0 Å². The minimum Gasteiger partial charge on any atom is -0.316 e. The van der Waals surface area contributed by atoms with Gasteiger partial charge in [0, 0.05) is 24.1 Å². The maximum Gasteiger partial charge on any atom is 0.244 e. The molecule has 4 nitrogen and oxygen atoms in total. The topological polar surface area (TPSA) is 49.4 Å². The Hall–Kier alpha value is -0.430. The minimum absolute atomic E-state index is 0.0233. The Morgan fingerprint density at radius 2 is 2.05 bits per heavy atom. The Balaban J connectivity index is 3.23. The Morgan fingerprint density at radius 1 is 1.42 bits per heavy atom. The first kappa shape index (κ1) is 16.6. The third-order valence-electron chi connectivity index (χ3n) is 3.25. The zero-order chi connectivity index (χ0) is 14.6. The number of hydrogen-bond donors (Lipinski definition) is 1. The predicted molar refractivity (Wildman–Crippen MR) is 81.6 cm³/mol. The van der Waals surface area contributed by atoms with Crippen LogP contribution in [-0.4, -0.2) is 32.9 Å². The Bertz CT molecular complexity index is 531. The molecule has 0 amide bonds. The van der Waals surface area contributed by atoms with Gasteiger partial charge in [0.25, 0.3) is 0 Å². The number of nitrogens with one attached hydrogen (secondary N) is 1. The third kappa shape index (κ3) is 3.78. The van der Waals surface area contributed by atoms with E-state index in [-0.39, 0.29) is 6.04 Å². The van der Waals surface area contributed by atoms with E-state index in [0.29, 0.717) is 15.9 Å². The van der Waals surface area contributed by atoms with Gasteiger partial charge in [-0.05, 0) is 54.0 Å². The minimum atomic E-state index is -3.46. The lowest BCUT2D eigenvalue weighted by Crippen LogP contribution is -2.34. The van der Waals surface area contributed by atoms with Gasteiger partial charge in [0.1, 0.15) is 0 Å². The Kier molecular flexibility index (Phi) is 5.98. The largest absolute Gasteiger partial charge is 0.316 e. The molecule has 19 heavy (non-hydrogen) atoms. The van der Waals surface area contributed by atoms with Gasteiger partial charge in [0.15, 0.2) is 0 Å². The van der Waals surface area contributed by atoms with E-state index in [4.69, 9.17) is 0 Å². The lowest BCUT2D eigenvalue weighted by molar-refractivity contribution is 0.380. The second-order valence-corrected chi connectivity index (χ2v) is 7.39. The quantitative estimate of drug-likeness (QED) is 0.859. The number of sulfonamides is 1. The van der Waals surface area contributed by atoms with E-state index in [1.54, 1.807) is 19.2 Å². The summed E-state index contributed by atoms with van der Waals surface area (Å²) in [5, 5.41) is 3.02. The lowest BCUT2D eigenvalue weighted by atomic mass is 10.2. The van der Waals surface area contributed by atoms with Crippen molar-refractivity contribution in [3.05, 3.63) is 28.2 Å². The fourth-order valence-corrected chi connectivity index (χ4v) is 4.12. The molecule has 0 bridgehead atoms. The molecular weight excluding hydrogens is 328 g/mol. The molecule has 0 heterocycles. The van der Waals surface area contributed by atoms with Gasteiger partial charge in [0.2, 0.25) is 10.0 Å². The van der Waals surface area contributed by atoms with Crippen molar-refractivity contribution in [2.45, 2.75) is 37.8 Å². The van der Waals surface area contributed by atoms with Gasteiger partial charge < -0.3 is 5.32 Å². The van der Waals surface area contributed by atoms with E-state index >= 15 is 0 Å². The fraction of sp³-hybridized carbons (Fsp3) is 0.538. The van der Waals surface area contributed by atoms with Gasteiger partial charge in [-0.2, -0.15) is 4.31 Å². The first-order chi connectivity index (χ1) is 8.84. The second-order valence-electron chi connectivity index (χ2n) is 4.57. The van der Waals surface area contributed by atoms with Crippen LogP contribution >= 0.6 is 15.9 Å². The van der Waals surface area contributed by atoms with Crippen LogP contribution in [0.3, 0.4) is 0 Å². The van der Waals surface area contributed by atoms with Gasteiger partial charge in [0.05, 0.1) is 4.90 Å². The van der Waals surface area contributed by atoms with Crippen molar-refractivity contribution < 1.29 is 8.42 Å². The molecule has 6 heteroatoms. The summed E-state index contributed by atoms with van der Waals surface area (Å²) in [6, 6.07) is 5.38. The molecule has 1 unspecified atom stereocenters. The molecule has 1 aromatic rings. The van der Waals surface area contributed by atoms with E-state index < -0.39 is 10.0 Å². The SMILES string of the molecule is CCC(C)N(C)S(=O)(=O)c1cc(CNC)ccc1Br. The highest BCUT2D eigenvalue weighted by atomic mass is 79.9. The normalized spacial score (nSPS) is 13.8. The highest BCUT2D eigenvalue weighted by molar-refractivity contribution is 9.10. The highest BCUT2D eigenvalue weighted by Crippen LogP contribution is 2.27. The Morgan fingerprint density at radius 3 is 2.58 bits per heavy atom. The second kappa shape index (κ2) is 6.83. The van der Waals surface area contributed by atoms with Gasteiger partial charge in [-0.3, -0.25) is 0 Å². The summed E-state index contributed by atoms with van der Waals surface area (Å²) < 4.78 is 27.2. The first-order valence-corrected chi connectivity index (χ1v) is 8.49. The van der Waals surface area contributed by atoms with E-state index in [9.17, 15) is 8.42 Å². The van der Waals surface area contributed by atoms with E-state index in [0.717, 1.165) is 12.0 Å². The fourth-order valence-electron chi connectivity index (χ4n) is 1.71. The monoisotopic (exact) mass is 348 g/mol. The molecule has 0 fully saturated rings. The van der Waals surface area contributed by atoms with Gasteiger partial charge >= 0.3 is 0 Å². The van der Waals surface area contributed by atoms with Crippen molar-refractivity contribution in [2.75, 3.05) is 14.1 Å². The average molecular weight is 349 g/mol. The standard InChI is InChI=1S/C13H21BrN2O2S/c1-5-10(2)16(4)19(17,18)13-8-11(9-15-3)6-7-12(13)14/h6-8,10,15H,5,9H2,1-4H3. The van der Waals surface area contributed by atoms with Crippen LogP contribution in [0, 0.1) is 0 Å². The smallest absolute Gasteiger partial charge is 0.244 e. The molecule has 0 radical (unpaired) electrons. The van der Waals surface area contributed by atoms with E-state index in [1.165, 1.54) is 4.31 Å². The number of rotatable bonds is 6. The summed E-state index contributed by atoms with van der Waals surface area (Å²) >= 11 is 3.33. The van der Waals surface area contributed by atoms with Crippen LogP contribution in [0.1, 0.15) is 25.8 Å². The molecule has 1 rings (SSSR count). The number of nitrogens with zero attached hydrogens (tertiary/aromatic N) is 1. The van der Waals surface area contributed by atoms with Gasteiger partial charge in [-0.15, -0.1) is 0 Å². The lowest BCUT2D eigenvalue weighted by Gasteiger charge is -2.24. The molecule has 1 aromatic carbocycles. The molecule has 0 aliphatic heterocycles. The van der Waals surface area contributed by atoms with Gasteiger partial charge in [-0.1, -0.05) is 13.0 Å². The molecule has 0 aliphatic carbocycles. The Labute approximate surface area is 124 Å². The van der Waals surface area contributed by atoms with E-state index in [1.807, 2.05) is 27.0 Å². The highest BCUT2D eigenvalue weighted by Gasteiger charge is 2.26. The molecule has 0 aliphatic rings. The maximum atomic E-state index is 12.6. The summed E-state index contributed by atoms with van der Waals surface area (Å²) in [4.78, 5) is 0.322. The predicted octanol–water partition coefficient (Wildman–Crippen LogP) is 2.59. The molecular formula is C13H21BrN2O2S. The maximum absolute atomic E-state index is 12.6. The van der Waals surface area contributed by atoms with Crippen molar-refractivity contribution in [3.8, 4) is 0 Å². The molecule has 0 aromatic heterocycles. The molecule has 0 saturated heterocycles. The molecule has 1 N–H and O–H groups in total. The van der Waals surface area contributed by atoms with Gasteiger partial charge in [-0.25, -0.2) is 8.42 Å². The van der Waals surface area contributed by atoms with E-state index in [2.05, 4.69) is 21.2 Å². The zero-order valence-electron chi connectivity index (χ0n) is 11.8. The number of hydrogen-bond acceptors (Lipinski definition) is 3. The van der Waals surface area contributed by atoms with Crippen molar-refractivity contribution in [2.24, 2.45) is 0 Å². The third-order valence-corrected chi connectivity index (χ3v) is 6.21. The van der Waals surface area contributed by atoms with Crippen LogP contribution in [0.4, 0.5) is 0 Å². The van der Waals surface area contributed by atoms with Crippen LogP contribution in [-0.2, 0) is 16.6 Å². The average Bonchev–Trinajstić information content (AvgIpc) is 2.39. The van der Waals surface area contributed by atoms with Crippen LogP contribution in [0.25, 0.3) is 0 Å². The molecule has 0 saturated carbocycles. The van der Waals surface area contributed by atoms with Crippen molar-refractivity contribution in [3.63, 3.8) is 0 Å². The summed E-state index contributed by atoms with van der Waals surface area (Å²) in [5.74, 6) is 0. The summed E-state index contributed by atoms with van der Waals surface area (Å²) in [6.07, 6.45) is 0.781. The molecule has 0 spiro atoms. The number of halogens is 1. The first-order valence-electron chi connectivity index (χ1n) is 6.25. The summed E-state index contributed by atoms with van der Waals surface area (Å²) in [7, 11) is -0.00263. The van der Waals surface area contributed by atoms with Crippen LogP contribution < -0.4 is 5.32 Å². The molecule has 1 atom stereocenters. The summed E-state index contributed by atoms with van der Waals surface area (Å²) in [6.45, 7) is 4.52. The molecule has 108 valence electrons. The number of benzene rings is 1. The van der Waals surface area contributed by atoms with Crippen molar-refractivity contribution in [1.29, 1.82) is 0 Å². The zero-order valence-corrected chi connectivity index (χ0v) is 14.2. The van der Waals surface area contributed by atoms with Crippen LogP contribution in [0.5, 0.6) is 0 Å². The van der Waals surface area contributed by atoms with Crippen LogP contribution in [0.15, 0.2) is 27.6 Å². The van der Waals surface area contributed by atoms with Crippen molar-refractivity contribution in [1.82, 2.24) is 9.62 Å². The summed E-state index contributed by atoms with van der Waals surface area (Å²) in [5.41, 5.74) is 0.946.